The number of nitrogens with one attached hydrogen (secondary N) is 1. The highest BCUT2D eigenvalue weighted by Gasteiger charge is 2.18. The standard InChI is InChI=1S/C16H22N2O4/c1-2-12-9-14-15(22-8-7-21-14)10-13(12)17-16(19)11-18-3-5-20-6-4-18/h9-10H,2-8,11H2,1H3,(H,17,19). The second-order valence-electron chi connectivity index (χ2n) is 5.44. The van der Waals surface area contributed by atoms with Crippen molar-refractivity contribution in [3.05, 3.63) is 17.7 Å². The molecule has 0 atom stereocenters. The van der Waals surface area contributed by atoms with E-state index in [9.17, 15) is 4.79 Å². The molecular weight excluding hydrogens is 284 g/mol. The van der Waals surface area contributed by atoms with Crippen LogP contribution in [0.4, 0.5) is 5.69 Å². The summed E-state index contributed by atoms with van der Waals surface area (Å²) in [6.07, 6.45) is 0.823. The summed E-state index contributed by atoms with van der Waals surface area (Å²) in [6.45, 7) is 6.54. The molecule has 6 nitrogen and oxygen atoms in total. The van der Waals surface area contributed by atoms with Gasteiger partial charge in [-0.15, -0.1) is 0 Å². The third-order valence-corrected chi connectivity index (χ3v) is 3.89. The normalized spacial score (nSPS) is 18.0. The summed E-state index contributed by atoms with van der Waals surface area (Å²) in [5, 5.41) is 3.00. The monoisotopic (exact) mass is 306 g/mol. The quantitative estimate of drug-likeness (QED) is 0.908. The number of carbonyl (C=O) groups excluding carboxylic acids is 1. The lowest BCUT2D eigenvalue weighted by Gasteiger charge is -2.26. The molecule has 2 aliphatic rings. The van der Waals surface area contributed by atoms with Crippen molar-refractivity contribution < 1.29 is 19.0 Å². The molecule has 2 aliphatic heterocycles. The number of amides is 1. The number of nitrogens with zero attached hydrogens (tertiary/aromatic N) is 1. The van der Waals surface area contributed by atoms with E-state index >= 15 is 0 Å². The lowest BCUT2D eigenvalue weighted by molar-refractivity contribution is -0.118. The van der Waals surface area contributed by atoms with Crippen molar-refractivity contribution in [2.75, 3.05) is 51.4 Å². The Bertz CT molecular complexity index is 541. The Morgan fingerprint density at radius 3 is 2.50 bits per heavy atom. The van der Waals surface area contributed by atoms with Crippen LogP contribution in [0.1, 0.15) is 12.5 Å². The first kappa shape index (κ1) is 15.1. The number of fused-ring (bicyclic) bond motifs is 1. The Labute approximate surface area is 130 Å². The predicted octanol–water partition coefficient (Wildman–Crippen LogP) is 1.29. The van der Waals surface area contributed by atoms with E-state index in [0.29, 0.717) is 38.7 Å². The fraction of sp³-hybridized carbons (Fsp3) is 0.562. The van der Waals surface area contributed by atoms with Gasteiger partial charge in [-0.3, -0.25) is 9.69 Å². The molecule has 0 saturated carbocycles. The minimum absolute atomic E-state index is 0.00622. The van der Waals surface area contributed by atoms with Crippen molar-refractivity contribution >= 4 is 11.6 Å². The van der Waals surface area contributed by atoms with Gasteiger partial charge >= 0.3 is 0 Å². The first-order valence-corrected chi connectivity index (χ1v) is 7.78. The molecule has 0 bridgehead atoms. The van der Waals surface area contributed by atoms with E-state index < -0.39 is 0 Å². The summed E-state index contributed by atoms with van der Waals surface area (Å²) in [7, 11) is 0. The fourth-order valence-corrected chi connectivity index (χ4v) is 2.69. The summed E-state index contributed by atoms with van der Waals surface area (Å²) in [5.41, 5.74) is 1.87. The van der Waals surface area contributed by atoms with Gasteiger partial charge in [0.2, 0.25) is 5.91 Å². The van der Waals surface area contributed by atoms with Crippen LogP contribution in [-0.4, -0.2) is 56.9 Å². The second kappa shape index (κ2) is 6.98. The van der Waals surface area contributed by atoms with E-state index in [1.165, 1.54) is 0 Å². The molecule has 0 spiro atoms. The zero-order valence-corrected chi connectivity index (χ0v) is 12.9. The van der Waals surface area contributed by atoms with Crippen molar-refractivity contribution in [3.63, 3.8) is 0 Å². The van der Waals surface area contributed by atoms with Gasteiger partial charge < -0.3 is 19.5 Å². The smallest absolute Gasteiger partial charge is 0.238 e. The predicted molar refractivity (Wildman–Crippen MR) is 82.7 cm³/mol. The van der Waals surface area contributed by atoms with Crippen LogP contribution in [0, 0.1) is 0 Å². The molecule has 0 aromatic heterocycles. The van der Waals surface area contributed by atoms with E-state index in [-0.39, 0.29) is 5.91 Å². The molecule has 3 rings (SSSR count). The molecule has 6 heteroatoms. The summed E-state index contributed by atoms with van der Waals surface area (Å²) >= 11 is 0. The van der Waals surface area contributed by atoms with Gasteiger partial charge in [0.15, 0.2) is 11.5 Å². The zero-order valence-electron chi connectivity index (χ0n) is 12.9. The summed E-state index contributed by atoms with van der Waals surface area (Å²) in [5.74, 6) is 1.45. The Hall–Kier alpha value is -1.79. The topological polar surface area (TPSA) is 60.0 Å². The Kier molecular flexibility index (Phi) is 4.80. The van der Waals surface area contributed by atoms with Crippen LogP contribution >= 0.6 is 0 Å². The molecule has 1 aromatic rings. The average molecular weight is 306 g/mol. The number of aryl methyl sites for hydroxylation is 1. The molecule has 2 heterocycles. The molecule has 1 saturated heterocycles. The van der Waals surface area contributed by atoms with Gasteiger partial charge in [0.05, 0.1) is 19.8 Å². The number of carbonyl (C=O) groups is 1. The number of morpholine rings is 1. The lowest BCUT2D eigenvalue weighted by atomic mass is 10.1. The van der Waals surface area contributed by atoms with Crippen LogP contribution < -0.4 is 14.8 Å². The molecular formula is C16H22N2O4. The first-order valence-electron chi connectivity index (χ1n) is 7.78. The summed E-state index contributed by atoms with van der Waals surface area (Å²) < 4.78 is 16.5. The molecule has 1 amide bonds. The highest BCUT2D eigenvalue weighted by Crippen LogP contribution is 2.35. The van der Waals surface area contributed by atoms with Crippen molar-refractivity contribution in [1.29, 1.82) is 0 Å². The highest BCUT2D eigenvalue weighted by atomic mass is 16.6. The van der Waals surface area contributed by atoms with Crippen molar-refractivity contribution in [3.8, 4) is 11.5 Å². The van der Waals surface area contributed by atoms with E-state index in [0.717, 1.165) is 36.5 Å². The zero-order chi connectivity index (χ0) is 15.4. The highest BCUT2D eigenvalue weighted by molar-refractivity contribution is 5.93. The molecule has 1 aromatic carbocycles. The molecule has 0 unspecified atom stereocenters. The maximum atomic E-state index is 12.3. The third kappa shape index (κ3) is 3.51. The van der Waals surface area contributed by atoms with Crippen molar-refractivity contribution in [2.24, 2.45) is 0 Å². The number of hydrogen-bond donors (Lipinski definition) is 1. The van der Waals surface area contributed by atoms with Gasteiger partial charge in [-0.1, -0.05) is 6.92 Å². The Morgan fingerprint density at radius 1 is 1.14 bits per heavy atom. The van der Waals surface area contributed by atoms with Crippen LogP contribution in [0.5, 0.6) is 11.5 Å². The second-order valence-corrected chi connectivity index (χ2v) is 5.44. The van der Waals surface area contributed by atoms with E-state index in [1.54, 1.807) is 0 Å². The SMILES string of the molecule is CCc1cc2c(cc1NC(=O)CN1CCOCC1)OCCO2. The van der Waals surface area contributed by atoms with Gasteiger partial charge in [0.25, 0.3) is 0 Å². The molecule has 1 fully saturated rings. The first-order chi connectivity index (χ1) is 10.8. The number of rotatable bonds is 4. The van der Waals surface area contributed by atoms with E-state index in [2.05, 4.69) is 17.1 Å². The maximum Gasteiger partial charge on any atom is 0.238 e. The van der Waals surface area contributed by atoms with E-state index in [1.807, 2.05) is 12.1 Å². The van der Waals surface area contributed by atoms with Gasteiger partial charge in [-0.05, 0) is 18.1 Å². The molecule has 0 aliphatic carbocycles. The van der Waals surface area contributed by atoms with E-state index in [4.69, 9.17) is 14.2 Å². The van der Waals surface area contributed by atoms with Crippen molar-refractivity contribution in [2.45, 2.75) is 13.3 Å². The van der Waals surface area contributed by atoms with Gasteiger partial charge in [-0.25, -0.2) is 0 Å². The van der Waals surface area contributed by atoms with Gasteiger partial charge in [-0.2, -0.15) is 0 Å². The minimum atomic E-state index is -0.00622. The van der Waals surface area contributed by atoms with Gasteiger partial charge in [0, 0.05) is 24.8 Å². The lowest BCUT2D eigenvalue weighted by Crippen LogP contribution is -2.41. The third-order valence-electron chi connectivity index (χ3n) is 3.89. The van der Waals surface area contributed by atoms with Crippen LogP contribution in [0.25, 0.3) is 0 Å². The van der Waals surface area contributed by atoms with Crippen LogP contribution in [0.3, 0.4) is 0 Å². The molecule has 1 N–H and O–H groups in total. The van der Waals surface area contributed by atoms with Crippen molar-refractivity contribution in [1.82, 2.24) is 4.90 Å². The van der Waals surface area contributed by atoms with Gasteiger partial charge in [0.1, 0.15) is 13.2 Å². The maximum absolute atomic E-state index is 12.3. The van der Waals surface area contributed by atoms with Crippen LogP contribution in [0.2, 0.25) is 0 Å². The Balaban J connectivity index is 1.69. The summed E-state index contributed by atoms with van der Waals surface area (Å²) in [6, 6.07) is 3.82. The minimum Gasteiger partial charge on any atom is -0.486 e. The number of anilines is 1. The molecule has 120 valence electrons. The molecule has 22 heavy (non-hydrogen) atoms. The van der Waals surface area contributed by atoms with Crippen LogP contribution in [-0.2, 0) is 16.0 Å². The summed E-state index contributed by atoms with van der Waals surface area (Å²) in [4.78, 5) is 14.4. The van der Waals surface area contributed by atoms with Crippen LogP contribution in [0.15, 0.2) is 12.1 Å². The molecule has 0 radical (unpaired) electrons. The number of benzene rings is 1. The largest absolute Gasteiger partial charge is 0.486 e. The fourth-order valence-electron chi connectivity index (χ4n) is 2.69. The number of ether oxygens (including phenoxy) is 3. The Morgan fingerprint density at radius 2 is 1.82 bits per heavy atom. The number of hydrogen-bond acceptors (Lipinski definition) is 5. The average Bonchev–Trinajstić information content (AvgIpc) is 2.55.